The molecule has 1 unspecified atom stereocenters. The van der Waals surface area contributed by atoms with Crippen LogP contribution in [0.15, 0.2) is 36.4 Å². The van der Waals surface area contributed by atoms with E-state index in [4.69, 9.17) is 4.98 Å². The highest BCUT2D eigenvalue weighted by atomic mass is 16.4. The predicted octanol–water partition coefficient (Wildman–Crippen LogP) is 5.64. The number of nitrogens with zero attached hydrogens (tertiary/aromatic N) is 4. The molecule has 0 aliphatic carbocycles. The standard InChI is InChI=1S/C33H44N6O2/c1-23-16-31(37-36-23)27-17-26(18-30(19-27)39-13-3-2-4-14-39)28(20-32(40)41)22-38-15-11-24(21-38)7-9-29-10-8-25-6-5-12-34-33(25)35-29/h8,10,16-19,24,28H,2-7,9,11-15,20-22H2,1H3,(H,34,35)(H,36,37)(H,40,41)/t24-,28?/m1/s1. The van der Waals surface area contributed by atoms with Gasteiger partial charge >= 0.3 is 5.97 Å². The minimum atomic E-state index is -0.738. The molecule has 0 amide bonds. The third-order valence-corrected chi connectivity index (χ3v) is 9.16. The highest BCUT2D eigenvalue weighted by Gasteiger charge is 2.28. The molecule has 2 saturated heterocycles. The van der Waals surface area contributed by atoms with Gasteiger partial charge in [-0.15, -0.1) is 0 Å². The lowest BCUT2D eigenvalue weighted by Crippen LogP contribution is -2.30. The normalized spacial score (nSPS) is 20.0. The first-order chi connectivity index (χ1) is 20.0. The molecule has 0 spiro atoms. The van der Waals surface area contributed by atoms with Gasteiger partial charge in [-0.1, -0.05) is 6.07 Å². The number of aliphatic carboxylic acids is 1. The zero-order valence-corrected chi connectivity index (χ0v) is 24.4. The zero-order chi connectivity index (χ0) is 28.2. The van der Waals surface area contributed by atoms with Crippen molar-refractivity contribution in [1.29, 1.82) is 0 Å². The van der Waals surface area contributed by atoms with Crippen molar-refractivity contribution in [1.82, 2.24) is 20.1 Å². The van der Waals surface area contributed by atoms with Crippen molar-refractivity contribution in [2.24, 2.45) is 5.92 Å². The van der Waals surface area contributed by atoms with Crippen molar-refractivity contribution < 1.29 is 9.90 Å². The van der Waals surface area contributed by atoms with E-state index in [1.54, 1.807) is 0 Å². The molecule has 3 aromatic rings. The van der Waals surface area contributed by atoms with Gasteiger partial charge in [-0.25, -0.2) is 4.98 Å². The molecule has 41 heavy (non-hydrogen) atoms. The Hall–Kier alpha value is -3.39. The van der Waals surface area contributed by atoms with Crippen LogP contribution in [0, 0.1) is 12.8 Å². The number of nitrogens with one attached hydrogen (secondary N) is 2. The van der Waals surface area contributed by atoms with Crippen LogP contribution in [0.5, 0.6) is 0 Å². The quantitative estimate of drug-likeness (QED) is 0.297. The number of fused-ring (bicyclic) bond motifs is 1. The molecule has 0 saturated carbocycles. The first-order valence-electron chi connectivity index (χ1n) is 15.6. The number of carbonyl (C=O) groups is 1. The van der Waals surface area contributed by atoms with Gasteiger partial charge in [-0.05, 0) is 112 Å². The Morgan fingerprint density at radius 3 is 2.78 bits per heavy atom. The number of benzene rings is 1. The molecule has 0 bridgehead atoms. The van der Waals surface area contributed by atoms with Crippen LogP contribution in [0.1, 0.15) is 73.4 Å². The molecule has 2 aromatic heterocycles. The SMILES string of the molecule is Cc1cc(-c2cc(C(CC(=O)O)CN3CC[C@@H](CCc4ccc5c(n4)NCCC5)C3)cc(N3CCCCC3)c2)n[nH]1. The third-order valence-electron chi connectivity index (χ3n) is 9.16. The Labute approximate surface area is 243 Å². The minimum absolute atomic E-state index is 0.0665. The number of H-pyrrole nitrogens is 1. The van der Waals surface area contributed by atoms with E-state index in [-0.39, 0.29) is 12.3 Å². The Kier molecular flexibility index (Phi) is 8.56. The lowest BCUT2D eigenvalue weighted by molar-refractivity contribution is -0.137. The molecule has 6 rings (SSSR count). The minimum Gasteiger partial charge on any atom is -0.481 e. The predicted molar refractivity (Wildman–Crippen MR) is 164 cm³/mol. The average molecular weight is 557 g/mol. The van der Waals surface area contributed by atoms with E-state index in [2.05, 4.69) is 61.7 Å². The van der Waals surface area contributed by atoms with Crippen molar-refractivity contribution in [3.8, 4) is 11.3 Å². The van der Waals surface area contributed by atoms with Gasteiger partial charge in [0.25, 0.3) is 0 Å². The maximum absolute atomic E-state index is 12.1. The summed E-state index contributed by atoms with van der Waals surface area (Å²) < 4.78 is 0. The fourth-order valence-corrected chi connectivity index (χ4v) is 6.90. The van der Waals surface area contributed by atoms with Crippen LogP contribution in [0.3, 0.4) is 0 Å². The number of carboxylic acid groups (broad SMARTS) is 1. The molecular formula is C33H44N6O2. The number of pyridine rings is 1. The van der Waals surface area contributed by atoms with E-state index >= 15 is 0 Å². The van der Waals surface area contributed by atoms with Gasteiger partial charge in [0.2, 0.25) is 0 Å². The number of likely N-dealkylation sites (tertiary alicyclic amines) is 1. The number of carboxylic acids is 1. The van der Waals surface area contributed by atoms with Crippen molar-refractivity contribution >= 4 is 17.5 Å². The van der Waals surface area contributed by atoms with Gasteiger partial charge in [0.15, 0.2) is 0 Å². The summed E-state index contributed by atoms with van der Waals surface area (Å²) in [5.41, 5.74) is 7.83. The number of aryl methyl sites for hydroxylation is 3. The van der Waals surface area contributed by atoms with Crippen molar-refractivity contribution in [3.63, 3.8) is 0 Å². The monoisotopic (exact) mass is 556 g/mol. The van der Waals surface area contributed by atoms with Gasteiger partial charge in [0.05, 0.1) is 12.1 Å². The fraction of sp³-hybridized carbons (Fsp3) is 0.545. The Bertz CT molecular complexity index is 1350. The lowest BCUT2D eigenvalue weighted by Gasteiger charge is -2.31. The molecule has 3 N–H and O–H groups in total. The van der Waals surface area contributed by atoms with E-state index in [1.807, 2.05) is 6.92 Å². The summed E-state index contributed by atoms with van der Waals surface area (Å²) in [6, 6.07) is 13.2. The highest BCUT2D eigenvalue weighted by Crippen LogP contribution is 2.34. The van der Waals surface area contributed by atoms with Gasteiger partial charge in [-0.3, -0.25) is 9.89 Å². The van der Waals surface area contributed by atoms with Crippen molar-refractivity contribution in [2.45, 2.75) is 70.6 Å². The molecule has 1 aromatic carbocycles. The summed E-state index contributed by atoms with van der Waals surface area (Å²) in [5.74, 6) is 0.893. The molecule has 2 fully saturated rings. The highest BCUT2D eigenvalue weighted by molar-refractivity contribution is 5.71. The summed E-state index contributed by atoms with van der Waals surface area (Å²) in [5, 5.41) is 21.0. The summed E-state index contributed by atoms with van der Waals surface area (Å²) in [7, 11) is 0. The van der Waals surface area contributed by atoms with Crippen LogP contribution >= 0.6 is 0 Å². The van der Waals surface area contributed by atoms with Gasteiger partial charge in [-0.2, -0.15) is 5.10 Å². The van der Waals surface area contributed by atoms with Crippen LogP contribution < -0.4 is 10.2 Å². The van der Waals surface area contributed by atoms with Crippen LogP contribution in [0.4, 0.5) is 11.5 Å². The van der Waals surface area contributed by atoms with E-state index in [0.717, 1.165) is 93.3 Å². The van der Waals surface area contributed by atoms with Crippen molar-refractivity contribution in [2.75, 3.05) is 49.5 Å². The van der Waals surface area contributed by atoms with Gasteiger partial charge < -0.3 is 20.2 Å². The van der Waals surface area contributed by atoms with E-state index < -0.39 is 5.97 Å². The summed E-state index contributed by atoms with van der Waals surface area (Å²) in [6.07, 6.45) is 9.40. The zero-order valence-electron chi connectivity index (χ0n) is 24.4. The van der Waals surface area contributed by atoms with Gasteiger partial charge in [0, 0.05) is 61.3 Å². The Balaban J connectivity index is 1.16. The van der Waals surface area contributed by atoms with Crippen LogP contribution in [0.25, 0.3) is 11.3 Å². The third kappa shape index (κ3) is 6.92. The topological polar surface area (TPSA) is 97.4 Å². The molecule has 218 valence electrons. The number of anilines is 2. The second-order valence-electron chi connectivity index (χ2n) is 12.4. The smallest absolute Gasteiger partial charge is 0.304 e. The van der Waals surface area contributed by atoms with Crippen LogP contribution in [-0.4, -0.2) is 70.4 Å². The summed E-state index contributed by atoms with van der Waals surface area (Å²) in [4.78, 5) is 21.9. The average Bonchev–Trinajstić information content (AvgIpc) is 3.64. The molecule has 3 aliphatic rings. The first kappa shape index (κ1) is 27.8. The molecule has 0 radical (unpaired) electrons. The van der Waals surface area contributed by atoms with Gasteiger partial charge in [0.1, 0.15) is 5.82 Å². The molecule has 8 heteroatoms. The molecule has 8 nitrogen and oxygen atoms in total. The van der Waals surface area contributed by atoms with E-state index in [1.165, 1.54) is 42.6 Å². The Morgan fingerprint density at radius 1 is 1.10 bits per heavy atom. The maximum atomic E-state index is 12.1. The first-order valence-corrected chi connectivity index (χ1v) is 15.6. The second kappa shape index (κ2) is 12.6. The van der Waals surface area contributed by atoms with Crippen LogP contribution in [0.2, 0.25) is 0 Å². The number of aromatic amines is 1. The number of piperidine rings is 1. The van der Waals surface area contributed by atoms with Crippen molar-refractivity contribution in [3.05, 3.63) is 58.9 Å². The molecule has 2 atom stereocenters. The largest absolute Gasteiger partial charge is 0.481 e. The molecular weight excluding hydrogens is 512 g/mol. The van der Waals surface area contributed by atoms with E-state index in [0.29, 0.717) is 5.92 Å². The molecule has 5 heterocycles. The van der Waals surface area contributed by atoms with Crippen LogP contribution in [-0.2, 0) is 17.6 Å². The number of aromatic nitrogens is 3. The Morgan fingerprint density at radius 2 is 1.98 bits per heavy atom. The fourth-order valence-electron chi connectivity index (χ4n) is 6.90. The lowest BCUT2D eigenvalue weighted by atomic mass is 9.91. The number of rotatable bonds is 10. The second-order valence-corrected chi connectivity index (χ2v) is 12.4. The van der Waals surface area contributed by atoms with E-state index in [9.17, 15) is 9.90 Å². The summed E-state index contributed by atoms with van der Waals surface area (Å²) in [6.45, 7) is 7.95. The number of hydrogen-bond donors (Lipinski definition) is 3. The maximum Gasteiger partial charge on any atom is 0.304 e. The summed E-state index contributed by atoms with van der Waals surface area (Å²) >= 11 is 0. The molecule has 3 aliphatic heterocycles. The number of hydrogen-bond acceptors (Lipinski definition) is 6.